The maximum Gasteiger partial charge on any atom is 0.416 e. The average Bonchev–Trinajstić information content (AvgIpc) is 2.83. The summed E-state index contributed by atoms with van der Waals surface area (Å²) in [6.45, 7) is -0.694. The van der Waals surface area contributed by atoms with E-state index in [1.54, 1.807) is 0 Å². The van der Waals surface area contributed by atoms with E-state index in [0.29, 0.717) is 23.3 Å². The highest BCUT2D eigenvalue weighted by Gasteiger charge is 2.35. The molecule has 1 aliphatic rings. The van der Waals surface area contributed by atoms with Crippen LogP contribution in [0.4, 0.5) is 22.0 Å². The number of nitrogens with zero attached hydrogens (tertiary/aromatic N) is 1. The van der Waals surface area contributed by atoms with Crippen LogP contribution < -0.4 is 0 Å². The Hall–Kier alpha value is -3.63. The highest BCUT2D eigenvalue weighted by atomic mass is 32.2. The van der Waals surface area contributed by atoms with Crippen molar-refractivity contribution in [3.05, 3.63) is 112 Å². The minimum Gasteiger partial charge on any atom is -0.289 e. The molecule has 3 aromatic rings. The van der Waals surface area contributed by atoms with Gasteiger partial charge in [0.1, 0.15) is 11.6 Å². The van der Waals surface area contributed by atoms with E-state index in [1.807, 2.05) is 0 Å². The predicted molar refractivity (Wildman–Crippen MR) is 124 cm³/mol. The van der Waals surface area contributed by atoms with Gasteiger partial charge in [0.2, 0.25) is 10.0 Å². The van der Waals surface area contributed by atoms with Gasteiger partial charge in [0.25, 0.3) is 0 Å². The van der Waals surface area contributed by atoms with Crippen molar-refractivity contribution in [2.45, 2.75) is 11.1 Å². The summed E-state index contributed by atoms with van der Waals surface area (Å²) >= 11 is 0. The zero-order chi connectivity index (χ0) is 26.1. The van der Waals surface area contributed by atoms with Crippen LogP contribution in [0.5, 0.6) is 0 Å². The molecule has 0 aliphatic carbocycles. The Morgan fingerprint density at radius 3 is 1.50 bits per heavy atom. The number of sulfonamides is 1. The van der Waals surface area contributed by atoms with Crippen molar-refractivity contribution in [2.75, 3.05) is 13.1 Å². The molecule has 1 fully saturated rings. The minimum atomic E-state index is -4.63. The van der Waals surface area contributed by atoms with Crippen LogP contribution in [-0.2, 0) is 21.0 Å². The predicted octanol–water partition coefficient (Wildman–Crippen LogP) is 5.72. The van der Waals surface area contributed by atoms with E-state index < -0.39 is 39.2 Å². The fourth-order valence-electron chi connectivity index (χ4n) is 3.66. The lowest BCUT2D eigenvalue weighted by Crippen LogP contribution is -2.41. The summed E-state index contributed by atoms with van der Waals surface area (Å²) in [6, 6.07) is 13.5. The van der Waals surface area contributed by atoms with E-state index in [0.717, 1.165) is 16.4 Å². The lowest BCUT2D eigenvalue weighted by molar-refractivity contribution is -0.137. The second kappa shape index (κ2) is 9.79. The maximum absolute atomic E-state index is 13.3. The third kappa shape index (κ3) is 5.60. The summed E-state index contributed by atoms with van der Waals surface area (Å²) in [7, 11) is -4.30. The zero-order valence-corrected chi connectivity index (χ0v) is 19.3. The molecule has 0 N–H and O–H groups in total. The molecule has 0 radical (unpaired) electrons. The standard InChI is InChI=1S/C26H18F5NO3S/c27-22-7-1-17(2-8-22)13-19-15-32(16-20(25(19)33)14-18-3-9-23(28)10-4-18)36(34,35)24-11-5-21(6-12-24)26(29,30)31/h1-14H,15-16H2/b19-13+,20-14+. The molecule has 0 bridgehead atoms. The van der Waals surface area contributed by atoms with E-state index >= 15 is 0 Å². The topological polar surface area (TPSA) is 54.5 Å². The monoisotopic (exact) mass is 519 g/mol. The Morgan fingerprint density at radius 1 is 0.694 bits per heavy atom. The average molecular weight is 519 g/mol. The highest BCUT2D eigenvalue weighted by molar-refractivity contribution is 7.89. The number of rotatable bonds is 4. The first-order chi connectivity index (χ1) is 16.9. The Bertz CT molecular complexity index is 1370. The molecule has 0 amide bonds. The summed E-state index contributed by atoms with van der Waals surface area (Å²) in [5.41, 5.74) is 0.0711. The van der Waals surface area contributed by atoms with Gasteiger partial charge in [-0.3, -0.25) is 4.79 Å². The molecule has 3 aromatic carbocycles. The number of Topliss-reactive ketones (excluding diaryl/α,β-unsaturated/α-hetero) is 1. The Morgan fingerprint density at radius 2 is 1.11 bits per heavy atom. The van der Waals surface area contributed by atoms with Crippen molar-refractivity contribution in [3.8, 4) is 0 Å². The van der Waals surface area contributed by atoms with E-state index in [2.05, 4.69) is 0 Å². The van der Waals surface area contributed by atoms with Gasteiger partial charge in [0.05, 0.1) is 10.5 Å². The van der Waals surface area contributed by atoms with Crippen LogP contribution in [0.1, 0.15) is 16.7 Å². The van der Waals surface area contributed by atoms with Crippen molar-refractivity contribution >= 4 is 28.0 Å². The van der Waals surface area contributed by atoms with Crippen LogP contribution >= 0.6 is 0 Å². The zero-order valence-electron chi connectivity index (χ0n) is 18.5. The number of halogens is 5. The smallest absolute Gasteiger partial charge is 0.289 e. The molecular formula is C26H18F5NO3S. The molecular weight excluding hydrogens is 501 g/mol. The summed E-state index contributed by atoms with van der Waals surface area (Å²) in [6.07, 6.45) is -1.78. The molecule has 1 aliphatic heterocycles. The molecule has 0 spiro atoms. The molecule has 0 aromatic heterocycles. The number of benzene rings is 3. The van der Waals surface area contributed by atoms with Crippen molar-refractivity contribution in [1.82, 2.24) is 4.31 Å². The Kier molecular flexibility index (Phi) is 6.92. The minimum absolute atomic E-state index is 0.0803. The van der Waals surface area contributed by atoms with Crippen LogP contribution in [0.25, 0.3) is 12.2 Å². The van der Waals surface area contributed by atoms with Gasteiger partial charge in [0, 0.05) is 24.2 Å². The molecule has 0 unspecified atom stereocenters. The first-order valence-electron chi connectivity index (χ1n) is 10.6. The third-order valence-electron chi connectivity index (χ3n) is 5.52. The van der Waals surface area contributed by atoms with Crippen LogP contribution in [0.2, 0.25) is 0 Å². The van der Waals surface area contributed by atoms with Gasteiger partial charge in [-0.05, 0) is 71.8 Å². The molecule has 1 heterocycles. The van der Waals surface area contributed by atoms with Gasteiger partial charge in [0.15, 0.2) is 5.78 Å². The molecule has 10 heteroatoms. The van der Waals surface area contributed by atoms with Crippen LogP contribution in [0.3, 0.4) is 0 Å². The highest BCUT2D eigenvalue weighted by Crippen LogP contribution is 2.31. The van der Waals surface area contributed by atoms with Crippen LogP contribution in [0, 0.1) is 11.6 Å². The van der Waals surface area contributed by atoms with E-state index in [4.69, 9.17) is 0 Å². The summed E-state index contributed by atoms with van der Waals surface area (Å²) in [5.74, 6) is -1.44. The van der Waals surface area contributed by atoms with Crippen LogP contribution in [0.15, 0.2) is 88.8 Å². The van der Waals surface area contributed by atoms with Crippen molar-refractivity contribution in [3.63, 3.8) is 0 Å². The largest absolute Gasteiger partial charge is 0.416 e. The number of hydrogen-bond donors (Lipinski definition) is 0. The SMILES string of the molecule is O=C1/C(=C/c2ccc(F)cc2)CN(S(=O)(=O)c2ccc(C(F)(F)F)cc2)C/C1=C\c1ccc(F)cc1. The number of alkyl halides is 3. The van der Waals surface area contributed by atoms with Gasteiger partial charge in [-0.1, -0.05) is 24.3 Å². The summed E-state index contributed by atoms with van der Waals surface area (Å²) < 4.78 is 93.0. The van der Waals surface area contributed by atoms with E-state index in [9.17, 15) is 35.2 Å². The Balaban J connectivity index is 1.75. The molecule has 186 valence electrons. The number of hydrogen-bond acceptors (Lipinski definition) is 3. The number of ketones is 1. The quantitative estimate of drug-likeness (QED) is 0.327. The maximum atomic E-state index is 13.3. The van der Waals surface area contributed by atoms with Crippen molar-refractivity contribution in [2.24, 2.45) is 0 Å². The second-order valence-electron chi connectivity index (χ2n) is 8.07. The van der Waals surface area contributed by atoms with Gasteiger partial charge in [-0.15, -0.1) is 0 Å². The van der Waals surface area contributed by atoms with Gasteiger partial charge in [-0.25, -0.2) is 17.2 Å². The Labute approximate surface area is 204 Å². The molecule has 4 rings (SSSR count). The summed E-state index contributed by atoms with van der Waals surface area (Å²) in [5, 5.41) is 0. The first-order valence-corrected chi connectivity index (χ1v) is 12.0. The fourth-order valence-corrected chi connectivity index (χ4v) is 5.06. The second-order valence-corrected chi connectivity index (χ2v) is 10.0. The van der Waals surface area contributed by atoms with E-state index in [-0.39, 0.29) is 29.1 Å². The molecule has 36 heavy (non-hydrogen) atoms. The number of carbonyl (C=O) groups excluding carboxylic acids is 1. The normalized spacial score (nSPS) is 17.6. The lowest BCUT2D eigenvalue weighted by Gasteiger charge is -2.29. The summed E-state index contributed by atoms with van der Waals surface area (Å²) in [4.78, 5) is 12.8. The van der Waals surface area contributed by atoms with Crippen molar-refractivity contribution < 1.29 is 35.2 Å². The molecule has 1 saturated heterocycles. The lowest BCUT2D eigenvalue weighted by atomic mass is 9.95. The van der Waals surface area contributed by atoms with Gasteiger partial charge < -0.3 is 0 Å². The number of piperidine rings is 1. The molecule has 0 saturated carbocycles. The van der Waals surface area contributed by atoms with Gasteiger partial charge >= 0.3 is 6.18 Å². The van der Waals surface area contributed by atoms with Gasteiger partial charge in [-0.2, -0.15) is 17.5 Å². The van der Waals surface area contributed by atoms with Crippen molar-refractivity contribution in [1.29, 1.82) is 0 Å². The first kappa shape index (κ1) is 25.5. The number of carbonyl (C=O) groups is 1. The van der Waals surface area contributed by atoms with E-state index in [1.165, 1.54) is 60.7 Å². The third-order valence-corrected chi connectivity index (χ3v) is 7.32. The molecule has 4 nitrogen and oxygen atoms in total. The molecule has 0 atom stereocenters. The van der Waals surface area contributed by atoms with Crippen LogP contribution in [-0.4, -0.2) is 31.6 Å². The fraction of sp³-hybridized carbons (Fsp3) is 0.115.